The van der Waals surface area contributed by atoms with Gasteiger partial charge in [-0.15, -0.1) is 0 Å². The molecule has 1 aliphatic heterocycles. The lowest BCUT2D eigenvalue weighted by atomic mass is 10.00. The minimum Gasteiger partial charge on any atom is -0.319 e. The zero-order chi connectivity index (χ0) is 14.8. The van der Waals surface area contributed by atoms with E-state index in [4.69, 9.17) is 0 Å². The normalized spacial score (nSPS) is 21.1. The van der Waals surface area contributed by atoms with Gasteiger partial charge in [-0.1, -0.05) is 12.1 Å². The van der Waals surface area contributed by atoms with Crippen molar-refractivity contribution < 1.29 is 8.42 Å². The van der Waals surface area contributed by atoms with Crippen LogP contribution in [-0.2, 0) is 10.0 Å². The molecule has 1 aromatic carbocycles. The number of aryl methyl sites for hydroxylation is 2. The summed E-state index contributed by atoms with van der Waals surface area (Å²) in [6, 6.07) is 5.62. The van der Waals surface area contributed by atoms with E-state index in [2.05, 4.69) is 5.32 Å². The first-order valence-electron chi connectivity index (χ1n) is 7.17. The molecule has 2 rings (SSSR count). The van der Waals surface area contributed by atoms with E-state index in [1.807, 2.05) is 33.0 Å². The molecule has 1 aromatic rings. The molecule has 1 N–H and O–H groups in total. The van der Waals surface area contributed by atoms with Crippen LogP contribution in [0.1, 0.15) is 24.0 Å². The average Bonchev–Trinajstić information content (AvgIpc) is 2.42. The number of piperidine rings is 1. The molecule has 112 valence electrons. The van der Waals surface area contributed by atoms with Crippen LogP contribution in [0.3, 0.4) is 0 Å². The number of sulfonamides is 1. The van der Waals surface area contributed by atoms with Gasteiger partial charge in [0.2, 0.25) is 10.0 Å². The molecule has 1 heterocycles. The molecule has 0 aliphatic carbocycles. The van der Waals surface area contributed by atoms with Crippen LogP contribution in [0.25, 0.3) is 0 Å². The van der Waals surface area contributed by atoms with Gasteiger partial charge in [0.05, 0.1) is 4.90 Å². The van der Waals surface area contributed by atoms with E-state index in [-0.39, 0.29) is 0 Å². The summed E-state index contributed by atoms with van der Waals surface area (Å²) >= 11 is 0. The smallest absolute Gasteiger partial charge is 0.243 e. The van der Waals surface area contributed by atoms with Crippen molar-refractivity contribution in [1.82, 2.24) is 9.62 Å². The lowest BCUT2D eigenvalue weighted by Gasteiger charge is -2.32. The molecule has 1 atom stereocenters. The molecule has 1 aliphatic rings. The van der Waals surface area contributed by atoms with Gasteiger partial charge in [0.1, 0.15) is 0 Å². The van der Waals surface area contributed by atoms with Crippen molar-refractivity contribution in [2.75, 3.05) is 26.7 Å². The van der Waals surface area contributed by atoms with Crippen molar-refractivity contribution in [3.63, 3.8) is 0 Å². The molecule has 4 nitrogen and oxygen atoms in total. The van der Waals surface area contributed by atoms with Crippen molar-refractivity contribution in [3.05, 3.63) is 29.3 Å². The van der Waals surface area contributed by atoms with Crippen molar-refractivity contribution in [2.45, 2.75) is 31.6 Å². The summed E-state index contributed by atoms with van der Waals surface area (Å²) in [5.41, 5.74) is 1.81. The van der Waals surface area contributed by atoms with Crippen LogP contribution in [-0.4, -0.2) is 39.4 Å². The van der Waals surface area contributed by atoms with E-state index >= 15 is 0 Å². The topological polar surface area (TPSA) is 49.4 Å². The van der Waals surface area contributed by atoms with Gasteiger partial charge in [0.25, 0.3) is 0 Å². The summed E-state index contributed by atoms with van der Waals surface area (Å²) in [4.78, 5) is 0.461. The molecule has 1 saturated heterocycles. The molecule has 0 unspecified atom stereocenters. The summed E-state index contributed by atoms with van der Waals surface area (Å²) in [6.45, 7) is 5.92. The number of hydrogen-bond donors (Lipinski definition) is 1. The molecule has 20 heavy (non-hydrogen) atoms. The Kier molecular flexibility index (Phi) is 4.83. The lowest BCUT2D eigenvalue weighted by molar-refractivity contribution is 0.263. The summed E-state index contributed by atoms with van der Waals surface area (Å²) in [5, 5.41) is 3.15. The third-order valence-corrected chi connectivity index (χ3v) is 5.94. The summed E-state index contributed by atoms with van der Waals surface area (Å²) in [6.07, 6.45) is 2.04. The number of rotatable bonds is 4. The Bertz CT molecular complexity index is 567. The monoisotopic (exact) mass is 296 g/mol. The summed E-state index contributed by atoms with van der Waals surface area (Å²) in [7, 11) is -1.45. The van der Waals surface area contributed by atoms with Crippen molar-refractivity contribution >= 4 is 10.0 Å². The molecular formula is C15H24N2O2S. The molecular weight excluding hydrogens is 272 g/mol. The van der Waals surface area contributed by atoms with Crippen LogP contribution in [0.15, 0.2) is 23.1 Å². The second kappa shape index (κ2) is 6.24. The molecule has 1 fully saturated rings. The van der Waals surface area contributed by atoms with Gasteiger partial charge in [0.15, 0.2) is 0 Å². The number of nitrogens with one attached hydrogen (secondary N) is 1. The Labute approximate surface area is 122 Å². The largest absolute Gasteiger partial charge is 0.319 e. The SMILES string of the molecule is CNC[C@H]1CCCN(S(=O)(=O)c2cc(C)ccc2C)C1. The summed E-state index contributed by atoms with van der Waals surface area (Å²) < 4.78 is 27.3. The standard InChI is InChI=1S/C15H24N2O2S/c1-12-6-7-13(2)15(9-12)20(18,19)17-8-4-5-14(11-17)10-16-3/h6-7,9,14,16H,4-5,8,10-11H2,1-3H3/t14-/m1/s1. The Morgan fingerprint density at radius 2 is 2.10 bits per heavy atom. The Morgan fingerprint density at radius 3 is 2.80 bits per heavy atom. The highest BCUT2D eigenvalue weighted by molar-refractivity contribution is 7.89. The van der Waals surface area contributed by atoms with Crippen molar-refractivity contribution in [2.24, 2.45) is 5.92 Å². The Morgan fingerprint density at radius 1 is 1.35 bits per heavy atom. The van der Waals surface area contributed by atoms with Gasteiger partial charge in [-0.25, -0.2) is 8.42 Å². The van der Waals surface area contributed by atoms with Crippen LogP contribution in [0, 0.1) is 19.8 Å². The van der Waals surface area contributed by atoms with E-state index in [1.165, 1.54) is 0 Å². The Balaban J connectivity index is 2.27. The van der Waals surface area contributed by atoms with Gasteiger partial charge >= 0.3 is 0 Å². The maximum absolute atomic E-state index is 12.8. The van der Waals surface area contributed by atoms with E-state index in [0.717, 1.165) is 30.5 Å². The highest BCUT2D eigenvalue weighted by atomic mass is 32.2. The fourth-order valence-electron chi connectivity index (χ4n) is 2.82. The maximum atomic E-state index is 12.8. The fraction of sp³-hybridized carbons (Fsp3) is 0.600. The molecule has 0 bridgehead atoms. The lowest BCUT2D eigenvalue weighted by Crippen LogP contribution is -2.42. The van der Waals surface area contributed by atoms with E-state index in [1.54, 1.807) is 10.4 Å². The number of hydrogen-bond acceptors (Lipinski definition) is 3. The van der Waals surface area contributed by atoms with Gasteiger partial charge in [-0.2, -0.15) is 4.31 Å². The molecule has 0 radical (unpaired) electrons. The Hall–Kier alpha value is -0.910. The predicted molar refractivity (Wildman–Crippen MR) is 81.3 cm³/mol. The van der Waals surface area contributed by atoms with E-state index < -0.39 is 10.0 Å². The van der Waals surface area contributed by atoms with Crippen LogP contribution < -0.4 is 5.32 Å². The minimum absolute atomic E-state index is 0.411. The zero-order valence-electron chi connectivity index (χ0n) is 12.5. The van der Waals surface area contributed by atoms with Crippen molar-refractivity contribution in [1.29, 1.82) is 0 Å². The van der Waals surface area contributed by atoms with Crippen LogP contribution in [0.4, 0.5) is 0 Å². The second-order valence-electron chi connectivity index (χ2n) is 5.70. The second-order valence-corrected chi connectivity index (χ2v) is 7.60. The molecule has 0 aromatic heterocycles. The highest BCUT2D eigenvalue weighted by Gasteiger charge is 2.30. The van der Waals surface area contributed by atoms with E-state index in [9.17, 15) is 8.42 Å². The molecule has 0 spiro atoms. The number of nitrogens with zero attached hydrogens (tertiary/aromatic N) is 1. The first kappa shape index (κ1) is 15.5. The molecule has 0 amide bonds. The fourth-order valence-corrected chi connectivity index (χ4v) is 4.69. The number of benzene rings is 1. The quantitative estimate of drug-likeness (QED) is 0.923. The van der Waals surface area contributed by atoms with E-state index in [0.29, 0.717) is 23.9 Å². The van der Waals surface area contributed by atoms with Gasteiger partial charge in [0, 0.05) is 13.1 Å². The van der Waals surface area contributed by atoms with Crippen LogP contribution >= 0.6 is 0 Å². The third kappa shape index (κ3) is 3.22. The summed E-state index contributed by atoms with van der Waals surface area (Å²) in [5.74, 6) is 0.411. The third-order valence-electron chi connectivity index (χ3n) is 3.94. The maximum Gasteiger partial charge on any atom is 0.243 e. The van der Waals surface area contributed by atoms with Gasteiger partial charge in [-0.3, -0.25) is 0 Å². The first-order chi connectivity index (χ1) is 9.45. The minimum atomic E-state index is -3.36. The van der Waals surface area contributed by atoms with Gasteiger partial charge in [-0.05, 0) is 63.4 Å². The van der Waals surface area contributed by atoms with Crippen LogP contribution in [0.5, 0.6) is 0 Å². The van der Waals surface area contributed by atoms with Crippen molar-refractivity contribution in [3.8, 4) is 0 Å². The van der Waals surface area contributed by atoms with Gasteiger partial charge < -0.3 is 5.32 Å². The molecule has 5 heteroatoms. The average molecular weight is 296 g/mol. The molecule has 0 saturated carbocycles. The van der Waals surface area contributed by atoms with Crippen LogP contribution in [0.2, 0.25) is 0 Å². The first-order valence-corrected chi connectivity index (χ1v) is 8.61. The highest BCUT2D eigenvalue weighted by Crippen LogP contribution is 2.26. The predicted octanol–water partition coefficient (Wildman–Crippen LogP) is 1.92. The zero-order valence-corrected chi connectivity index (χ0v) is 13.3.